The molecule has 3 rings (SSSR count). The quantitative estimate of drug-likeness (QED) is 0.932. The summed E-state index contributed by atoms with van der Waals surface area (Å²) in [6.45, 7) is 6.13. The van der Waals surface area contributed by atoms with Gasteiger partial charge in [0, 0.05) is 31.2 Å². The van der Waals surface area contributed by atoms with Gasteiger partial charge in [-0.05, 0) is 37.1 Å². The number of nitrogens with zero attached hydrogens (tertiary/aromatic N) is 2. The number of amides is 2. The third kappa shape index (κ3) is 3.85. The van der Waals surface area contributed by atoms with Gasteiger partial charge < -0.3 is 15.0 Å². The fourth-order valence-corrected chi connectivity index (χ4v) is 2.71. The Labute approximate surface area is 146 Å². The Bertz CT molecular complexity index is 798. The van der Waals surface area contributed by atoms with Gasteiger partial charge in [0.25, 0.3) is 11.8 Å². The van der Waals surface area contributed by atoms with Crippen molar-refractivity contribution >= 4 is 17.5 Å². The number of benzene rings is 1. The van der Waals surface area contributed by atoms with E-state index in [4.69, 9.17) is 4.74 Å². The summed E-state index contributed by atoms with van der Waals surface area (Å²) < 4.78 is 5.26. The second-order valence-corrected chi connectivity index (χ2v) is 6.07. The van der Waals surface area contributed by atoms with E-state index >= 15 is 0 Å². The lowest BCUT2D eigenvalue weighted by Gasteiger charge is -2.26. The van der Waals surface area contributed by atoms with Crippen molar-refractivity contribution in [3.8, 4) is 0 Å². The van der Waals surface area contributed by atoms with Crippen molar-refractivity contribution in [3.63, 3.8) is 0 Å². The minimum absolute atomic E-state index is 0.128. The molecule has 1 aliphatic heterocycles. The van der Waals surface area contributed by atoms with Crippen molar-refractivity contribution < 1.29 is 14.3 Å². The highest BCUT2D eigenvalue weighted by molar-refractivity contribution is 6.06. The van der Waals surface area contributed by atoms with E-state index in [0.29, 0.717) is 37.4 Å². The zero-order valence-corrected chi connectivity index (χ0v) is 14.4. The molecular formula is C19H21N3O3. The molecule has 2 amide bonds. The van der Waals surface area contributed by atoms with Crippen LogP contribution in [0.2, 0.25) is 0 Å². The molecule has 0 saturated carbocycles. The minimum Gasteiger partial charge on any atom is -0.378 e. The zero-order valence-electron chi connectivity index (χ0n) is 14.4. The fraction of sp³-hybridized carbons (Fsp3) is 0.316. The maximum Gasteiger partial charge on any atom is 0.257 e. The first-order chi connectivity index (χ1) is 12.1. The lowest BCUT2D eigenvalue weighted by atomic mass is 10.1. The van der Waals surface area contributed by atoms with Crippen LogP contribution in [0.25, 0.3) is 0 Å². The Morgan fingerprint density at radius 2 is 1.84 bits per heavy atom. The van der Waals surface area contributed by atoms with Gasteiger partial charge in [-0.25, -0.2) is 0 Å². The van der Waals surface area contributed by atoms with Gasteiger partial charge in [-0.15, -0.1) is 0 Å². The lowest BCUT2D eigenvalue weighted by Crippen LogP contribution is -2.40. The largest absolute Gasteiger partial charge is 0.378 e. The van der Waals surface area contributed by atoms with E-state index in [2.05, 4.69) is 10.3 Å². The van der Waals surface area contributed by atoms with Gasteiger partial charge in [0.1, 0.15) is 0 Å². The molecule has 0 spiro atoms. The van der Waals surface area contributed by atoms with Crippen LogP contribution in [0, 0.1) is 13.8 Å². The molecule has 2 aromatic rings. The number of pyridine rings is 1. The van der Waals surface area contributed by atoms with Crippen LogP contribution in [-0.2, 0) is 4.74 Å². The Kier molecular flexibility index (Phi) is 5.09. The van der Waals surface area contributed by atoms with Crippen LogP contribution in [0.5, 0.6) is 0 Å². The summed E-state index contributed by atoms with van der Waals surface area (Å²) in [6.07, 6.45) is 2.96. The predicted molar refractivity (Wildman–Crippen MR) is 94.8 cm³/mol. The summed E-state index contributed by atoms with van der Waals surface area (Å²) >= 11 is 0. The second-order valence-electron chi connectivity index (χ2n) is 6.07. The summed E-state index contributed by atoms with van der Waals surface area (Å²) in [6, 6.07) is 7.34. The molecule has 0 unspecified atom stereocenters. The van der Waals surface area contributed by atoms with E-state index in [1.54, 1.807) is 11.0 Å². The van der Waals surface area contributed by atoms with E-state index < -0.39 is 0 Å². The van der Waals surface area contributed by atoms with Crippen LogP contribution in [0.15, 0.2) is 36.7 Å². The van der Waals surface area contributed by atoms with Crippen LogP contribution in [-0.4, -0.2) is 48.0 Å². The van der Waals surface area contributed by atoms with Crippen molar-refractivity contribution in [2.75, 3.05) is 31.6 Å². The summed E-state index contributed by atoms with van der Waals surface area (Å²) in [7, 11) is 0. The van der Waals surface area contributed by atoms with Gasteiger partial charge in [0.05, 0.1) is 24.3 Å². The third-order valence-corrected chi connectivity index (χ3v) is 4.40. The topological polar surface area (TPSA) is 71.5 Å². The van der Waals surface area contributed by atoms with E-state index in [0.717, 1.165) is 16.8 Å². The van der Waals surface area contributed by atoms with Gasteiger partial charge in [-0.2, -0.15) is 0 Å². The molecule has 1 aromatic carbocycles. The number of ether oxygens (including phenoxy) is 1. The maximum atomic E-state index is 12.5. The maximum absolute atomic E-state index is 12.5. The summed E-state index contributed by atoms with van der Waals surface area (Å²) in [5, 5.41) is 2.89. The number of hydrogen-bond donors (Lipinski definition) is 1. The summed E-state index contributed by atoms with van der Waals surface area (Å²) in [5.74, 6) is -0.407. The van der Waals surface area contributed by atoms with E-state index in [1.165, 1.54) is 12.4 Å². The van der Waals surface area contributed by atoms with Crippen molar-refractivity contribution in [3.05, 3.63) is 58.9 Å². The van der Waals surface area contributed by atoms with Gasteiger partial charge in [0.15, 0.2) is 0 Å². The second kappa shape index (κ2) is 7.44. The molecular weight excluding hydrogens is 318 g/mol. The monoisotopic (exact) mass is 339 g/mol. The first kappa shape index (κ1) is 17.1. The Morgan fingerprint density at radius 1 is 1.12 bits per heavy atom. The van der Waals surface area contributed by atoms with Gasteiger partial charge >= 0.3 is 0 Å². The minimum atomic E-state index is -0.280. The zero-order chi connectivity index (χ0) is 17.8. The van der Waals surface area contributed by atoms with Crippen molar-refractivity contribution in [2.45, 2.75) is 13.8 Å². The third-order valence-electron chi connectivity index (χ3n) is 4.40. The number of carbonyl (C=O) groups is 2. The van der Waals surface area contributed by atoms with Crippen LogP contribution < -0.4 is 5.32 Å². The van der Waals surface area contributed by atoms with Crippen LogP contribution in [0.3, 0.4) is 0 Å². The highest BCUT2D eigenvalue weighted by Gasteiger charge is 2.20. The molecule has 1 saturated heterocycles. The molecule has 6 heteroatoms. The average molecular weight is 339 g/mol. The van der Waals surface area contributed by atoms with Gasteiger partial charge in [0.2, 0.25) is 0 Å². The normalized spacial score (nSPS) is 14.2. The molecule has 0 atom stereocenters. The van der Waals surface area contributed by atoms with Gasteiger partial charge in [-0.3, -0.25) is 14.6 Å². The van der Waals surface area contributed by atoms with Crippen molar-refractivity contribution in [2.24, 2.45) is 0 Å². The van der Waals surface area contributed by atoms with Crippen LogP contribution in [0.4, 0.5) is 5.69 Å². The number of aromatic nitrogens is 1. The van der Waals surface area contributed by atoms with Crippen LogP contribution in [0.1, 0.15) is 31.8 Å². The molecule has 1 N–H and O–H groups in total. The number of nitrogens with one attached hydrogen (secondary N) is 1. The summed E-state index contributed by atoms with van der Waals surface area (Å²) in [5.41, 5.74) is 3.65. The molecule has 25 heavy (non-hydrogen) atoms. The first-order valence-electron chi connectivity index (χ1n) is 8.26. The molecule has 0 bridgehead atoms. The van der Waals surface area contributed by atoms with E-state index in [9.17, 15) is 9.59 Å². The molecule has 0 aliphatic carbocycles. The first-order valence-corrected chi connectivity index (χ1v) is 8.26. The molecule has 1 aromatic heterocycles. The highest BCUT2D eigenvalue weighted by atomic mass is 16.5. The van der Waals surface area contributed by atoms with Crippen molar-refractivity contribution in [1.29, 1.82) is 0 Å². The standard InChI is InChI=1S/C19H21N3O3/c1-13-4-3-5-17(14(13)2)21-18(23)15-10-16(12-20-11-15)19(24)22-6-8-25-9-7-22/h3-5,10-12H,6-9H2,1-2H3,(H,21,23). The molecule has 1 aliphatic rings. The Balaban J connectivity index is 1.77. The number of anilines is 1. The molecule has 2 heterocycles. The average Bonchev–Trinajstić information content (AvgIpc) is 2.65. The van der Waals surface area contributed by atoms with Crippen molar-refractivity contribution in [1.82, 2.24) is 9.88 Å². The smallest absolute Gasteiger partial charge is 0.257 e. The Hall–Kier alpha value is -2.73. The highest BCUT2D eigenvalue weighted by Crippen LogP contribution is 2.19. The molecule has 1 fully saturated rings. The molecule has 130 valence electrons. The Morgan fingerprint density at radius 3 is 2.60 bits per heavy atom. The van der Waals surface area contributed by atoms with E-state index in [-0.39, 0.29) is 11.8 Å². The van der Waals surface area contributed by atoms with E-state index in [1.807, 2.05) is 32.0 Å². The fourth-order valence-electron chi connectivity index (χ4n) is 2.71. The number of carbonyl (C=O) groups excluding carboxylic acids is 2. The number of aryl methyl sites for hydroxylation is 1. The van der Waals surface area contributed by atoms with Crippen LogP contribution >= 0.6 is 0 Å². The number of morpholine rings is 1. The number of rotatable bonds is 3. The van der Waals surface area contributed by atoms with Gasteiger partial charge in [-0.1, -0.05) is 12.1 Å². The molecule has 6 nitrogen and oxygen atoms in total. The SMILES string of the molecule is Cc1cccc(NC(=O)c2cncc(C(=O)N3CCOCC3)c2)c1C. The summed E-state index contributed by atoms with van der Waals surface area (Å²) in [4.78, 5) is 30.8. The predicted octanol–water partition coefficient (Wildman–Crippen LogP) is 2.42. The number of hydrogen-bond acceptors (Lipinski definition) is 4. The molecule has 0 radical (unpaired) electrons. The lowest BCUT2D eigenvalue weighted by molar-refractivity contribution is 0.0302.